The Morgan fingerprint density at radius 1 is 1.13 bits per heavy atom. The number of carbonyl (C=O) groups excluding carboxylic acids is 2. The average molecular weight is 512 g/mol. The fourth-order valence-electron chi connectivity index (χ4n) is 2.85. The van der Waals surface area contributed by atoms with Crippen LogP contribution in [0.25, 0.3) is 0 Å². The van der Waals surface area contributed by atoms with Crippen molar-refractivity contribution < 1.29 is 9.59 Å². The number of carbonyl (C=O) groups is 2. The zero-order valence-electron chi connectivity index (χ0n) is 17.4. The van der Waals surface area contributed by atoms with Gasteiger partial charge in [-0.25, -0.2) is 0 Å². The second kappa shape index (κ2) is 13.0. The maximum atomic E-state index is 13.0. The Morgan fingerprint density at radius 2 is 1.80 bits per heavy atom. The second-order valence-corrected chi connectivity index (χ2v) is 9.54. The van der Waals surface area contributed by atoms with Gasteiger partial charge in [0.05, 0.1) is 0 Å². The molecule has 2 rings (SSSR count). The van der Waals surface area contributed by atoms with Crippen molar-refractivity contribution >= 4 is 51.1 Å². The van der Waals surface area contributed by atoms with Crippen molar-refractivity contribution in [3.8, 4) is 0 Å². The molecule has 2 amide bonds. The van der Waals surface area contributed by atoms with Gasteiger partial charge in [-0.1, -0.05) is 46.6 Å². The molecule has 1 atom stereocenters. The largest absolute Gasteiger partial charge is 0.354 e. The molecule has 1 N–H and O–H groups in total. The van der Waals surface area contributed by atoms with Crippen molar-refractivity contribution in [3.05, 3.63) is 63.6 Å². The van der Waals surface area contributed by atoms with E-state index in [9.17, 15) is 9.59 Å². The van der Waals surface area contributed by atoms with Gasteiger partial charge in [-0.2, -0.15) is 0 Å². The molecule has 0 aliphatic heterocycles. The van der Waals surface area contributed by atoms with E-state index < -0.39 is 6.04 Å². The van der Waals surface area contributed by atoms with E-state index in [1.54, 1.807) is 23.6 Å². The minimum Gasteiger partial charge on any atom is -0.354 e. The minimum atomic E-state index is -0.517. The number of nitrogens with zero attached hydrogens (tertiary/aromatic N) is 1. The molecule has 2 aromatic carbocycles. The molecule has 0 aromatic heterocycles. The van der Waals surface area contributed by atoms with Crippen LogP contribution in [0.4, 0.5) is 0 Å². The predicted molar refractivity (Wildman–Crippen MR) is 129 cm³/mol. The number of thioether (sulfide) groups is 1. The molecule has 4 nitrogen and oxygen atoms in total. The van der Waals surface area contributed by atoms with Crippen molar-refractivity contribution in [1.82, 2.24) is 10.2 Å². The average Bonchev–Trinajstić information content (AvgIpc) is 2.75. The van der Waals surface area contributed by atoms with Crippen LogP contribution in [-0.2, 0) is 16.1 Å². The number of halogens is 2. The number of hydrogen-bond acceptors (Lipinski definition) is 3. The molecular formula is C23H28BrClN2O2S. The quantitative estimate of drug-likeness (QED) is 0.301. The Morgan fingerprint density at radius 3 is 2.43 bits per heavy atom. The van der Waals surface area contributed by atoms with Gasteiger partial charge in [0.25, 0.3) is 0 Å². The summed E-state index contributed by atoms with van der Waals surface area (Å²) in [6.07, 6.45) is 2.01. The zero-order chi connectivity index (χ0) is 21.9. The van der Waals surface area contributed by atoms with Gasteiger partial charge in [-0.05, 0) is 67.5 Å². The van der Waals surface area contributed by atoms with Gasteiger partial charge < -0.3 is 10.2 Å². The standard InChI is InChI=1S/C23H28BrClN2O2S/c1-3-14-26-23(29)17(2)27(16-18-6-8-19(24)9-7-18)22(28)5-4-15-30-21-12-10-20(25)11-13-21/h6-13,17H,3-5,14-16H2,1-2H3,(H,26,29)/t17-/m1/s1. The van der Waals surface area contributed by atoms with Gasteiger partial charge in [0.15, 0.2) is 0 Å². The molecule has 2 aromatic rings. The number of benzene rings is 2. The van der Waals surface area contributed by atoms with Gasteiger partial charge in [0, 0.05) is 33.9 Å². The van der Waals surface area contributed by atoms with Crippen LogP contribution in [-0.4, -0.2) is 35.1 Å². The minimum absolute atomic E-state index is 0.00577. The van der Waals surface area contributed by atoms with Gasteiger partial charge in [-0.3, -0.25) is 9.59 Å². The molecule has 0 aliphatic carbocycles. The first kappa shape index (κ1) is 24.8. The number of rotatable bonds is 11. The summed E-state index contributed by atoms with van der Waals surface area (Å²) in [5.41, 5.74) is 0.997. The highest BCUT2D eigenvalue weighted by Crippen LogP contribution is 2.22. The molecule has 30 heavy (non-hydrogen) atoms. The fourth-order valence-corrected chi connectivity index (χ4v) is 4.10. The highest BCUT2D eigenvalue weighted by atomic mass is 79.9. The van der Waals surface area contributed by atoms with Gasteiger partial charge in [0.1, 0.15) is 6.04 Å². The summed E-state index contributed by atoms with van der Waals surface area (Å²) >= 11 is 11.0. The van der Waals surface area contributed by atoms with Crippen LogP contribution in [0.3, 0.4) is 0 Å². The lowest BCUT2D eigenvalue weighted by atomic mass is 10.1. The van der Waals surface area contributed by atoms with E-state index in [2.05, 4.69) is 21.2 Å². The summed E-state index contributed by atoms with van der Waals surface area (Å²) < 4.78 is 0.983. The first-order chi connectivity index (χ1) is 14.4. The molecule has 0 saturated heterocycles. The Labute approximate surface area is 196 Å². The number of amides is 2. The second-order valence-electron chi connectivity index (χ2n) is 7.02. The van der Waals surface area contributed by atoms with Crippen LogP contribution in [0.5, 0.6) is 0 Å². The first-order valence-corrected chi connectivity index (χ1v) is 12.3. The maximum Gasteiger partial charge on any atom is 0.242 e. The van der Waals surface area contributed by atoms with Gasteiger partial charge in [-0.15, -0.1) is 11.8 Å². The summed E-state index contributed by atoms with van der Waals surface area (Å²) in [6, 6.07) is 15.0. The molecule has 0 spiro atoms. The lowest BCUT2D eigenvalue weighted by molar-refractivity contribution is -0.140. The lowest BCUT2D eigenvalue weighted by Gasteiger charge is -2.29. The SMILES string of the molecule is CCCNC(=O)[C@@H](C)N(Cc1ccc(Br)cc1)C(=O)CCCSc1ccc(Cl)cc1. The normalized spacial score (nSPS) is 11.7. The van der Waals surface area contributed by atoms with Crippen molar-refractivity contribution in [2.75, 3.05) is 12.3 Å². The lowest BCUT2D eigenvalue weighted by Crippen LogP contribution is -2.47. The van der Waals surface area contributed by atoms with E-state index in [4.69, 9.17) is 11.6 Å². The van der Waals surface area contributed by atoms with Crippen molar-refractivity contribution in [2.24, 2.45) is 0 Å². The predicted octanol–water partition coefficient (Wildman–Crippen LogP) is 5.92. The molecule has 0 fully saturated rings. The van der Waals surface area contributed by atoms with E-state index in [0.29, 0.717) is 24.5 Å². The van der Waals surface area contributed by atoms with Crippen LogP contribution >= 0.6 is 39.3 Å². The maximum absolute atomic E-state index is 13.0. The molecule has 0 aliphatic rings. The Kier molecular flexibility index (Phi) is 10.8. The van der Waals surface area contributed by atoms with Crippen LogP contribution in [0.15, 0.2) is 57.9 Å². The monoisotopic (exact) mass is 510 g/mol. The van der Waals surface area contributed by atoms with Crippen LogP contribution in [0, 0.1) is 0 Å². The van der Waals surface area contributed by atoms with Gasteiger partial charge >= 0.3 is 0 Å². The summed E-state index contributed by atoms with van der Waals surface area (Å²) in [7, 11) is 0. The first-order valence-electron chi connectivity index (χ1n) is 10.1. The summed E-state index contributed by atoms with van der Waals surface area (Å²) in [5.74, 6) is 0.710. The van der Waals surface area contributed by atoms with E-state index in [1.165, 1.54) is 0 Å². The summed E-state index contributed by atoms with van der Waals surface area (Å²) in [5, 5.41) is 3.62. The molecular weight excluding hydrogens is 484 g/mol. The van der Waals surface area contributed by atoms with Crippen LogP contribution < -0.4 is 5.32 Å². The topological polar surface area (TPSA) is 49.4 Å². The molecule has 0 heterocycles. The number of nitrogens with one attached hydrogen (secondary N) is 1. The smallest absolute Gasteiger partial charge is 0.242 e. The zero-order valence-corrected chi connectivity index (χ0v) is 20.5. The van der Waals surface area contributed by atoms with Crippen molar-refractivity contribution in [1.29, 1.82) is 0 Å². The van der Waals surface area contributed by atoms with E-state index >= 15 is 0 Å². The molecule has 0 radical (unpaired) electrons. The van der Waals surface area contributed by atoms with E-state index in [1.807, 2.05) is 55.5 Å². The Balaban J connectivity index is 1.96. The Bertz CT molecular complexity index is 815. The van der Waals surface area contributed by atoms with Crippen molar-refractivity contribution in [3.63, 3.8) is 0 Å². The highest BCUT2D eigenvalue weighted by Gasteiger charge is 2.25. The summed E-state index contributed by atoms with van der Waals surface area (Å²) in [6.45, 7) is 4.83. The molecule has 7 heteroatoms. The molecule has 162 valence electrons. The fraction of sp³-hybridized carbons (Fsp3) is 0.391. The third kappa shape index (κ3) is 8.32. The Hall–Kier alpha value is -1.50. The van der Waals surface area contributed by atoms with Gasteiger partial charge in [0.2, 0.25) is 11.8 Å². The van der Waals surface area contributed by atoms with Crippen LogP contribution in [0.1, 0.15) is 38.7 Å². The van der Waals surface area contributed by atoms with Crippen LogP contribution in [0.2, 0.25) is 5.02 Å². The third-order valence-electron chi connectivity index (χ3n) is 4.60. The molecule has 0 saturated carbocycles. The summed E-state index contributed by atoms with van der Waals surface area (Å²) in [4.78, 5) is 28.3. The highest BCUT2D eigenvalue weighted by molar-refractivity contribution is 9.10. The molecule has 0 bridgehead atoms. The van der Waals surface area contributed by atoms with E-state index in [0.717, 1.165) is 33.5 Å². The number of hydrogen-bond donors (Lipinski definition) is 1. The molecule has 0 unspecified atom stereocenters. The third-order valence-corrected chi connectivity index (χ3v) is 6.48. The van der Waals surface area contributed by atoms with E-state index in [-0.39, 0.29) is 11.8 Å². The van der Waals surface area contributed by atoms with Crippen molar-refractivity contribution in [2.45, 2.75) is 50.6 Å².